The van der Waals surface area contributed by atoms with Gasteiger partial charge in [0.25, 0.3) is 0 Å². The van der Waals surface area contributed by atoms with Crippen molar-refractivity contribution in [2.24, 2.45) is 0 Å². The van der Waals surface area contributed by atoms with Gasteiger partial charge in [-0.05, 0) is 19.1 Å². The van der Waals surface area contributed by atoms with Gasteiger partial charge in [0.2, 0.25) is 0 Å². The lowest BCUT2D eigenvalue weighted by Crippen LogP contribution is -1.76. The number of para-hydroxylation sites is 1. The highest BCUT2D eigenvalue weighted by molar-refractivity contribution is 6.03. The zero-order valence-electron chi connectivity index (χ0n) is 11.8. The summed E-state index contributed by atoms with van der Waals surface area (Å²) in [6.45, 7) is 9.95. The third kappa shape index (κ3) is 2.70. The molecule has 0 aliphatic heterocycles. The Morgan fingerprint density at radius 2 is 1.61 bits per heavy atom. The summed E-state index contributed by atoms with van der Waals surface area (Å²) in [6.07, 6.45) is 1.78. The SMILES string of the molecule is CC.CC.Cc1cc2c(cnc3ccccc32)o1. The van der Waals surface area contributed by atoms with E-state index in [4.69, 9.17) is 4.42 Å². The van der Waals surface area contributed by atoms with E-state index in [0.29, 0.717) is 0 Å². The fourth-order valence-electron chi connectivity index (χ4n) is 1.78. The molecular weight excluding hydrogens is 222 g/mol. The summed E-state index contributed by atoms with van der Waals surface area (Å²) >= 11 is 0. The topological polar surface area (TPSA) is 26.0 Å². The van der Waals surface area contributed by atoms with Gasteiger partial charge in [-0.15, -0.1) is 0 Å². The van der Waals surface area contributed by atoms with Crippen LogP contribution in [0.5, 0.6) is 0 Å². The van der Waals surface area contributed by atoms with Crippen LogP contribution in [0.25, 0.3) is 21.9 Å². The zero-order valence-corrected chi connectivity index (χ0v) is 11.8. The summed E-state index contributed by atoms with van der Waals surface area (Å²) in [6, 6.07) is 10.1. The molecule has 0 aliphatic carbocycles. The monoisotopic (exact) mass is 243 g/mol. The molecule has 0 amide bonds. The van der Waals surface area contributed by atoms with Crippen LogP contribution in [0.15, 0.2) is 40.9 Å². The van der Waals surface area contributed by atoms with Gasteiger partial charge in [-0.1, -0.05) is 45.9 Å². The van der Waals surface area contributed by atoms with Crippen LogP contribution in [0.4, 0.5) is 0 Å². The number of benzene rings is 1. The van der Waals surface area contributed by atoms with Crippen LogP contribution in [0.1, 0.15) is 33.5 Å². The Morgan fingerprint density at radius 1 is 0.944 bits per heavy atom. The van der Waals surface area contributed by atoms with Crippen molar-refractivity contribution in [2.45, 2.75) is 34.6 Å². The Morgan fingerprint density at radius 3 is 2.33 bits per heavy atom. The number of furan rings is 1. The van der Waals surface area contributed by atoms with Crippen LogP contribution in [0.2, 0.25) is 0 Å². The molecule has 0 atom stereocenters. The molecule has 2 aromatic heterocycles. The van der Waals surface area contributed by atoms with Crippen molar-refractivity contribution in [1.29, 1.82) is 0 Å². The second-order valence-corrected chi connectivity index (χ2v) is 3.41. The minimum absolute atomic E-state index is 0.862. The minimum atomic E-state index is 0.862. The first kappa shape index (κ1) is 14.2. The minimum Gasteiger partial charge on any atom is -0.460 e. The largest absolute Gasteiger partial charge is 0.460 e. The van der Waals surface area contributed by atoms with Crippen LogP contribution in [-0.2, 0) is 0 Å². The van der Waals surface area contributed by atoms with E-state index in [1.807, 2.05) is 52.8 Å². The highest BCUT2D eigenvalue weighted by Gasteiger charge is 2.04. The Kier molecular flexibility index (Phi) is 5.37. The number of aryl methyl sites for hydroxylation is 1. The lowest BCUT2D eigenvalue weighted by Gasteiger charge is -1.95. The van der Waals surface area contributed by atoms with Crippen LogP contribution in [-0.4, -0.2) is 4.98 Å². The molecule has 2 heterocycles. The molecule has 3 rings (SSSR count). The number of hydrogen-bond acceptors (Lipinski definition) is 2. The second-order valence-electron chi connectivity index (χ2n) is 3.41. The Hall–Kier alpha value is -1.83. The average molecular weight is 243 g/mol. The first-order chi connectivity index (χ1) is 8.84. The average Bonchev–Trinajstić information content (AvgIpc) is 2.84. The molecule has 0 bridgehead atoms. The Labute approximate surface area is 109 Å². The van der Waals surface area contributed by atoms with Gasteiger partial charge in [0.1, 0.15) is 5.76 Å². The smallest absolute Gasteiger partial charge is 0.153 e. The molecule has 0 saturated carbocycles. The summed E-state index contributed by atoms with van der Waals surface area (Å²) < 4.78 is 5.51. The molecule has 18 heavy (non-hydrogen) atoms. The van der Waals surface area contributed by atoms with Crippen molar-refractivity contribution in [3.05, 3.63) is 42.3 Å². The maximum atomic E-state index is 5.51. The van der Waals surface area contributed by atoms with Gasteiger partial charge < -0.3 is 4.42 Å². The van der Waals surface area contributed by atoms with Gasteiger partial charge in [-0.3, -0.25) is 4.98 Å². The third-order valence-electron chi connectivity index (χ3n) is 2.40. The molecule has 2 nitrogen and oxygen atoms in total. The number of rotatable bonds is 0. The van der Waals surface area contributed by atoms with E-state index in [1.54, 1.807) is 6.20 Å². The van der Waals surface area contributed by atoms with Gasteiger partial charge in [-0.25, -0.2) is 0 Å². The van der Waals surface area contributed by atoms with Gasteiger partial charge >= 0.3 is 0 Å². The van der Waals surface area contributed by atoms with Crippen LogP contribution in [0.3, 0.4) is 0 Å². The van der Waals surface area contributed by atoms with Crippen LogP contribution >= 0.6 is 0 Å². The summed E-state index contributed by atoms with van der Waals surface area (Å²) in [7, 11) is 0. The Balaban J connectivity index is 0.000000371. The van der Waals surface area contributed by atoms with Gasteiger partial charge in [0.05, 0.1) is 11.7 Å². The molecule has 1 aromatic carbocycles. The van der Waals surface area contributed by atoms with E-state index in [0.717, 1.165) is 27.6 Å². The van der Waals surface area contributed by atoms with E-state index in [9.17, 15) is 0 Å². The van der Waals surface area contributed by atoms with Gasteiger partial charge in [0.15, 0.2) is 5.58 Å². The summed E-state index contributed by atoms with van der Waals surface area (Å²) in [4.78, 5) is 4.33. The quantitative estimate of drug-likeness (QED) is 0.532. The predicted molar refractivity (Wildman–Crippen MR) is 78.9 cm³/mol. The first-order valence-electron chi connectivity index (χ1n) is 6.58. The predicted octanol–water partition coefficient (Wildman–Crippen LogP) is 5.34. The molecule has 0 N–H and O–H groups in total. The van der Waals surface area contributed by atoms with E-state index in [-0.39, 0.29) is 0 Å². The van der Waals surface area contributed by atoms with Crippen LogP contribution < -0.4 is 0 Å². The van der Waals surface area contributed by atoms with Gasteiger partial charge in [-0.2, -0.15) is 0 Å². The standard InChI is InChI=1S/C12H9NO.2C2H6/c1-8-6-10-9-4-2-3-5-11(9)13-7-12(10)14-8;2*1-2/h2-7H,1H3;2*1-2H3. The molecule has 2 heteroatoms. The lowest BCUT2D eigenvalue weighted by molar-refractivity contribution is 0.577. The highest BCUT2D eigenvalue weighted by Crippen LogP contribution is 2.25. The fourth-order valence-corrected chi connectivity index (χ4v) is 1.78. The number of nitrogens with zero attached hydrogens (tertiary/aromatic N) is 1. The molecular formula is C16H21NO. The van der Waals surface area contributed by atoms with E-state index < -0.39 is 0 Å². The molecule has 0 fully saturated rings. The summed E-state index contributed by atoms with van der Waals surface area (Å²) in [5, 5.41) is 2.30. The van der Waals surface area contributed by atoms with E-state index >= 15 is 0 Å². The summed E-state index contributed by atoms with van der Waals surface area (Å²) in [5.74, 6) is 0.929. The molecule has 0 aliphatic rings. The zero-order chi connectivity index (χ0) is 13.5. The normalized spacial score (nSPS) is 9.39. The van der Waals surface area contributed by atoms with Gasteiger partial charge in [0, 0.05) is 10.8 Å². The molecule has 0 unspecified atom stereocenters. The van der Waals surface area contributed by atoms with Crippen molar-refractivity contribution in [3.8, 4) is 0 Å². The molecule has 96 valence electrons. The van der Waals surface area contributed by atoms with Crippen molar-refractivity contribution in [2.75, 3.05) is 0 Å². The number of fused-ring (bicyclic) bond motifs is 3. The third-order valence-corrected chi connectivity index (χ3v) is 2.40. The molecule has 0 saturated heterocycles. The van der Waals surface area contributed by atoms with E-state index in [2.05, 4.69) is 17.1 Å². The number of hydrogen-bond donors (Lipinski definition) is 0. The summed E-state index contributed by atoms with van der Waals surface area (Å²) in [5.41, 5.74) is 1.88. The number of aromatic nitrogens is 1. The molecule has 0 radical (unpaired) electrons. The van der Waals surface area contributed by atoms with Crippen molar-refractivity contribution in [3.63, 3.8) is 0 Å². The van der Waals surface area contributed by atoms with Crippen molar-refractivity contribution < 1.29 is 4.42 Å². The number of pyridine rings is 1. The Bertz CT molecular complexity index is 611. The molecule has 3 aromatic rings. The van der Waals surface area contributed by atoms with E-state index in [1.165, 1.54) is 0 Å². The maximum Gasteiger partial charge on any atom is 0.153 e. The highest BCUT2D eigenvalue weighted by atomic mass is 16.3. The van der Waals surface area contributed by atoms with Crippen molar-refractivity contribution in [1.82, 2.24) is 4.98 Å². The second kappa shape index (κ2) is 6.80. The molecule has 0 spiro atoms. The maximum absolute atomic E-state index is 5.51. The van der Waals surface area contributed by atoms with Crippen LogP contribution in [0, 0.1) is 6.92 Å². The fraction of sp³-hybridized carbons (Fsp3) is 0.312. The van der Waals surface area contributed by atoms with Crippen molar-refractivity contribution >= 4 is 21.9 Å². The lowest BCUT2D eigenvalue weighted by atomic mass is 10.1. The first-order valence-corrected chi connectivity index (χ1v) is 6.58.